The Balaban J connectivity index is 2.01. The Morgan fingerprint density at radius 3 is 2.32 bits per heavy atom. The predicted molar refractivity (Wildman–Crippen MR) is 90.7 cm³/mol. The van der Waals surface area contributed by atoms with Crippen LogP contribution in [0.25, 0.3) is 0 Å². The molecule has 0 saturated carbocycles. The maximum Gasteiger partial charge on any atom is 0.410 e. The van der Waals surface area contributed by atoms with E-state index in [1.165, 1.54) is 7.05 Å². The highest BCUT2D eigenvalue weighted by Crippen LogP contribution is 2.12. The van der Waals surface area contributed by atoms with Crippen molar-refractivity contribution in [3.63, 3.8) is 0 Å². The predicted octanol–water partition coefficient (Wildman–Crippen LogP) is 2.82. The lowest BCUT2D eigenvalue weighted by Crippen LogP contribution is -2.44. The summed E-state index contributed by atoms with van der Waals surface area (Å²) in [5, 5.41) is 18.2. The van der Waals surface area contributed by atoms with Crippen LogP contribution in [0.2, 0.25) is 0 Å². The van der Waals surface area contributed by atoms with Gasteiger partial charge < -0.3 is 9.84 Å². The smallest absolute Gasteiger partial charge is 0.410 e. The number of nitrogens with zero attached hydrogens (tertiary/aromatic N) is 2. The molecule has 6 nitrogen and oxygen atoms in total. The first-order valence-electron chi connectivity index (χ1n) is 7.66. The van der Waals surface area contributed by atoms with Crippen molar-refractivity contribution in [2.24, 2.45) is 0 Å². The van der Waals surface area contributed by atoms with E-state index in [9.17, 15) is 14.7 Å². The Morgan fingerprint density at radius 1 is 1.12 bits per heavy atom. The standard InChI is InChI=1S/C19H18N2O4/c1-21(19(24)25-13-16-5-3-2-4-6-16)17(18(22)23)11-14-7-9-15(12-20)10-8-14/h2-10,17H,11,13H2,1H3,(H,22,23). The number of carbonyl (C=O) groups is 2. The zero-order valence-corrected chi connectivity index (χ0v) is 13.8. The molecule has 1 atom stereocenters. The Morgan fingerprint density at radius 2 is 1.76 bits per heavy atom. The van der Waals surface area contributed by atoms with E-state index < -0.39 is 18.1 Å². The molecule has 0 spiro atoms. The number of amides is 1. The average molecular weight is 338 g/mol. The highest BCUT2D eigenvalue weighted by molar-refractivity contribution is 5.80. The highest BCUT2D eigenvalue weighted by atomic mass is 16.6. The third-order valence-corrected chi connectivity index (χ3v) is 3.76. The van der Waals surface area contributed by atoms with Gasteiger partial charge in [0.25, 0.3) is 0 Å². The number of rotatable bonds is 6. The lowest BCUT2D eigenvalue weighted by Gasteiger charge is -2.24. The Bertz CT molecular complexity index is 766. The minimum absolute atomic E-state index is 0.0766. The first kappa shape index (κ1) is 18.0. The molecule has 0 aromatic heterocycles. The summed E-state index contributed by atoms with van der Waals surface area (Å²) in [6.45, 7) is 0.0766. The Kier molecular flexibility index (Phi) is 6.13. The summed E-state index contributed by atoms with van der Waals surface area (Å²) >= 11 is 0. The lowest BCUT2D eigenvalue weighted by atomic mass is 10.0. The summed E-state index contributed by atoms with van der Waals surface area (Å²) in [6, 6.07) is 16.7. The van der Waals surface area contributed by atoms with E-state index in [2.05, 4.69) is 0 Å². The highest BCUT2D eigenvalue weighted by Gasteiger charge is 2.27. The largest absolute Gasteiger partial charge is 0.480 e. The number of aliphatic carboxylic acids is 1. The fraction of sp³-hybridized carbons (Fsp3) is 0.211. The SMILES string of the molecule is CN(C(=O)OCc1ccccc1)C(Cc1ccc(C#N)cc1)C(=O)O. The molecule has 1 N–H and O–H groups in total. The average Bonchev–Trinajstić information content (AvgIpc) is 2.64. The Hall–Kier alpha value is -3.33. The van der Waals surface area contributed by atoms with Gasteiger partial charge >= 0.3 is 12.1 Å². The van der Waals surface area contributed by atoms with E-state index in [4.69, 9.17) is 10.00 Å². The molecule has 0 aliphatic rings. The number of carbonyl (C=O) groups excluding carboxylic acids is 1. The van der Waals surface area contributed by atoms with E-state index in [1.54, 1.807) is 24.3 Å². The van der Waals surface area contributed by atoms with Gasteiger partial charge in [0, 0.05) is 13.5 Å². The molecule has 128 valence electrons. The Labute approximate surface area is 145 Å². The molecule has 1 amide bonds. The number of likely N-dealkylation sites (N-methyl/N-ethyl adjacent to an activating group) is 1. The second-order valence-electron chi connectivity index (χ2n) is 5.52. The molecule has 0 saturated heterocycles. The van der Waals surface area contributed by atoms with Crippen molar-refractivity contribution in [2.45, 2.75) is 19.1 Å². The van der Waals surface area contributed by atoms with E-state index in [1.807, 2.05) is 36.4 Å². The van der Waals surface area contributed by atoms with Gasteiger partial charge in [-0.3, -0.25) is 4.90 Å². The second kappa shape index (κ2) is 8.50. The van der Waals surface area contributed by atoms with Gasteiger partial charge in [-0.1, -0.05) is 42.5 Å². The molecule has 0 radical (unpaired) electrons. The van der Waals surface area contributed by atoms with Crippen LogP contribution in [-0.4, -0.2) is 35.2 Å². The third kappa shape index (κ3) is 5.08. The third-order valence-electron chi connectivity index (χ3n) is 3.76. The van der Waals surface area contributed by atoms with Crippen LogP contribution in [0.15, 0.2) is 54.6 Å². The molecule has 2 rings (SSSR count). The normalized spacial score (nSPS) is 11.2. The fourth-order valence-electron chi connectivity index (χ4n) is 2.28. The number of carboxylic acid groups (broad SMARTS) is 1. The number of ether oxygens (including phenoxy) is 1. The van der Waals surface area contributed by atoms with Crippen LogP contribution in [-0.2, 0) is 22.6 Å². The van der Waals surface area contributed by atoms with Crippen LogP contribution in [0.3, 0.4) is 0 Å². The van der Waals surface area contributed by atoms with Crippen molar-refractivity contribution in [1.29, 1.82) is 5.26 Å². The van der Waals surface area contributed by atoms with Crippen molar-refractivity contribution >= 4 is 12.1 Å². The first-order valence-corrected chi connectivity index (χ1v) is 7.66. The minimum atomic E-state index is -1.12. The molecule has 6 heteroatoms. The van der Waals surface area contributed by atoms with Gasteiger partial charge in [-0.15, -0.1) is 0 Å². The van der Waals surface area contributed by atoms with Crippen molar-refractivity contribution in [1.82, 2.24) is 4.90 Å². The number of nitriles is 1. The number of benzene rings is 2. The molecule has 25 heavy (non-hydrogen) atoms. The molecule has 2 aromatic carbocycles. The van der Waals surface area contributed by atoms with E-state index in [-0.39, 0.29) is 13.0 Å². The minimum Gasteiger partial charge on any atom is -0.480 e. The molecule has 0 bridgehead atoms. The fourth-order valence-corrected chi connectivity index (χ4v) is 2.28. The molecule has 0 aliphatic carbocycles. The molecular weight excluding hydrogens is 320 g/mol. The van der Waals surface area contributed by atoms with Crippen molar-refractivity contribution in [3.05, 3.63) is 71.3 Å². The molecule has 0 aliphatic heterocycles. The van der Waals surface area contributed by atoms with Crippen LogP contribution < -0.4 is 0 Å². The quantitative estimate of drug-likeness (QED) is 0.874. The molecule has 2 aromatic rings. The monoisotopic (exact) mass is 338 g/mol. The maximum atomic E-state index is 12.2. The van der Waals surface area contributed by atoms with Gasteiger partial charge in [-0.25, -0.2) is 9.59 Å². The first-order chi connectivity index (χ1) is 12.0. The molecule has 0 fully saturated rings. The molecule has 1 unspecified atom stereocenters. The number of carboxylic acids is 1. The van der Waals surface area contributed by atoms with E-state index in [0.29, 0.717) is 11.1 Å². The van der Waals surface area contributed by atoms with Gasteiger partial charge in [0.2, 0.25) is 0 Å². The summed E-state index contributed by atoms with van der Waals surface area (Å²) in [5.41, 5.74) is 2.03. The van der Waals surface area contributed by atoms with E-state index in [0.717, 1.165) is 10.5 Å². The zero-order valence-electron chi connectivity index (χ0n) is 13.8. The second-order valence-corrected chi connectivity index (χ2v) is 5.52. The van der Waals surface area contributed by atoms with Gasteiger partial charge in [0.05, 0.1) is 11.6 Å². The summed E-state index contributed by atoms with van der Waals surface area (Å²) in [6.07, 6.45) is -0.581. The van der Waals surface area contributed by atoms with Gasteiger partial charge in [0.1, 0.15) is 12.6 Å². The van der Waals surface area contributed by atoms with Crippen molar-refractivity contribution in [3.8, 4) is 6.07 Å². The zero-order chi connectivity index (χ0) is 18.2. The van der Waals surface area contributed by atoms with Crippen molar-refractivity contribution < 1.29 is 19.4 Å². The van der Waals surface area contributed by atoms with Crippen LogP contribution in [0.4, 0.5) is 4.79 Å². The topological polar surface area (TPSA) is 90.6 Å². The summed E-state index contributed by atoms with van der Waals surface area (Å²) in [5.74, 6) is -1.12. The van der Waals surface area contributed by atoms with Gasteiger partial charge in [-0.2, -0.15) is 5.26 Å². The van der Waals surface area contributed by atoms with Gasteiger partial charge in [-0.05, 0) is 23.3 Å². The van der Waals surface area contributed by atoms with Crippen molar-refractivity contribution in [2.75, 3.05) is 7.05 Å². The van der Waals surface area contributed by atoms with Crippen LogP contribution in [0.1, 0.15) is 16.7 Å². The van der Waals surface area contributed by atoms with Gasteiger partial charge in [0.15, 0.2) is 0 Å². The summed E-state index contributed by atoms with van der Waals surface area (Å²) in [7, 11) is 1.40. The number of hydrogen-bond acceptors (Lipinski definition) is 4. The lowest BCUT2D eigenvalue weighted by molar-refractivity contribution is -0.142. The molecular formula is C19H18N2O4. The maximum absolute atomic E-state index is 12.2. The number of hydrogen-bond donors (Lipinski definition) is 1. The van der Waals surface area contributed by atoms with E-state index >= 15 is 0 Å². The van der Waals surface area contributed by atoms with Crippen LogP contribution in [0.5, 0.6) is 0 Å². The summed E-state index contributed by atoms with van der Waals surface area (Å²) < 4.78 is 5.18. The van der Waals surface area contributed by atoms with Crippen LogP contribution in [0, 0.1) is 11.3 Å². The van der Waals surface area contributed by atoms with Crippen LogP contribution >= 0.6 is 0 Å². The molecule has 0 heterocycles. The summed E-state index contributed by atoms with van der Waals surface area (Å²) in [4.78, 5) is 24.8.